The summed E-state index contributed by atoms with van der Waals surface area (Å²) in [7, 11) is 0. The van der Waals surface area contributed by atoms with Crippen LogP contribution in [0.5, 0.6) is 0 Å². The van der Waals surface area contributed by atoms with Crippen molar-refractivity contribution in [2.24, 2.45) is 5.92 Å². The van der Waals surface area contributed by atoms with Gasteiger partial charge in [-0.2, -0.15) is 11.8 Å². The molecule has 1 saturated heterocycles. The first kappa shape index (κ1) is 27.5. The molecule has 0 N–H and O–H groups in total. The van der Waals surface area contributed by atoms with Gasteiger partial charge in [0.25, 0.3) is 5.56 Å². The Bertz CT molecular complexity index is 1500. The third-order valence-electron chi connectivity index (χ3n) is 8.92. The van der Waals surface area contributed by atoms with Crippen LogP contribution in [-0.4, -0.2) is 37.6 Å². The van der Waals surface area contributed by atoms with Crippen LogP contribution in [0.1, 0.15) is 76.3 Å². The largest absolute Gasteiger partial charge is 0.333 e. The topological polar surface area (TPSA) is 77.2 Å². The van der Waals surface area contributed by atoms with Crippen molar-refractivity contribution in [1.29, 1.82) is 0 Å². The van der Waals surface area contributed by atoms with Gasteiger partial charge in [-0.05, 0) is 93.2 Å². The molecule has 2 saturated carbocycles. The number of carbonyl (C=O) groups excluding carboxylic acids is 1. The van der Waals surface area contributed by atoms with Crippen LogP contribution in [0.2, 0.25) is 5.02 Å². The van der Waals surface area contributed by atoms with Crippen LogP contribution in [0.3, 0.4) is 0 Å². The summed E-state index contributed by atoms with van der Waals surface area (Å²) >= 11 is 8.00. The Morgan fingerprint density at radius 3 is 2.25 bits per heavy atom. The molecule has 40 heavy (non-hydrogen) atoms. The minimum Gasteiger partial charge on any atom is -0.309 e. The Morgan fingerprint density at radius 2 is 1.57 bits per heavy atom. The van der Waals surface area contributed by atoms with Crippen LogP contribution in [0.15, 0.2) is 46.1 Å². The van der Waals surface area contributed by atoms with Gasteiger partial charge in [-0.3, -0.25) is 18.7 Å². The predicted molar refractivity (Wildman–Crippen MR) is 158 cm³/mol. The summed E-state index contributed by atoms with van der Waals surface area (Å²) in [6.45, 7) is 0. The molecule has 0 spiro atoms. The maximum Gasteiger partial charge on any atom is 0.333 e. The van der Waals surface area contributed by atoms with E-state index in [2.05, 4.69) is 4.98 Å². The highest BCUT2D eigenvalue weighted by Crippen LogP contribution is 2.36. The Morgan fingerprint density at radius 1 is 0.925 bits per heavy atom. The van der Waals surface area contributed by atoms with Crippen LogP contribution in [-0.2, 0) is 4.79 Å². The lowest BCUT2D eigenvalue weighted by Crippen LogP contribution is -2.48. The fourth-order valence-corrected chi connectivity index (χ4v) is 8.07. The number of anilines is 1. The third-order valence-corrected chi connectivity index (χ3v) is 10.2. The SMILES string of the molecule is O=C(C1CCCC1)N(c1ccc(Cl)cc1)C1CCC(n2c(=O)c3cc(F)cnc3n(C3CCSCC3)c2=O)CC1. The molecule has 0 unspecified atom stereocenters. The van der Waals surface area contributed by atoms with Crippen molar-refractivity contribution in [1.82, 2.24) is 14.1 Å². The zero-order valence-corrected chi connectivity index (χ0v) is 24.0. The molecule has 212 valence electrons. The fourth-order valence-electron chi connectivity index (χ4n) is 6.86. The van der Waals surface area contributed by atoms with Gasteiger partial charge in [-0.15, -0.1) is 0 Å². The Labute approximate surface area is 241 Å². The Kier molecular flexibility index (Phi) is 8.04. The maximum absolute atomic E-state index is 14.2. The van der Waals surface area contributed by atoms with Gasteiger partial charge in [-0.25, -0.2) is 14.2 Å². The highest BCUT2D eigenvalue weighted by Gasteiger charge is 2.36. The molecule has 1 aromatic carbocycles. The van der Waals surface area contributed by atoms with E-state index in [0.29, 0.717) is 30.7 Å². The van der Waals surface area contributed by atoms with Crippen LogP contribution in [0.25, 0.3) is 11.0 Å². The summed E-state index contributed by atoms with van der Waals surface area (Å²) in [6.07, 6.45) is 9.15. The minimum absolute atomic E-state index is 0.0276. The molecule has 1 amide bonds. The molecule has 2 aromatic heterocycles. The van der Waals surface area contributed by atoms with Crippen LogP contribution in [0, 0.1) is 11.7 Å². The van der Waals surface area contributed by atoms with Crippen molar-refractivity contribution >= 4 is 46.0 Å². The number of hydrogen-bond donors (Lipinski definition) is 0. The molecule has 1 aliphatic heterocycles. The number of pyridine rings is 1. The lowest BCUT2D eigenvalue weighted by atomic mass is 9.88. The highest BCUT2D eigenvalue weighted by atomic mass is 35.5. The predicted octanol–water partition coefficient (Wildman–Crippen LogP) is 6.13. The summed E-state index contributed by atoms with van der Waals surface area (Å²) in [5.74, 6) is 1.46. The monoisotopic (exact) mass is 584 g/mol. The van der Waals surface area contributed by atoms with Gasteiger partial charge in [0.2, 0.25) is 5.91 Å². The molecular weight excluding hydrogens is 551 g/mol. The maximum atomic E-state index is 14.2. The van der Waals surface area contributed by atoms with E-state index in [1.54, 1.807) is 4.57 Å². The van der Waals surface area contributed by atoms with E-state index in [1.807, 2.05) is 40.9 Å². The van der Waals surface area contributed by atoms with Crippen molar-refractivity contribution in [2.45, 2.75) is 82.3 Å². The number of hydrogen-bond acceptors (Lipinski definition) is 5. The van der Waals surface area contributed by atoms with Crippen LogP contribution >= 0.6 is 23.4 Å². The number of thioether (sulfide) groups is 1. The molecular formula is C30H34ClFN4O3S. The number of aromatic nitrogens is 3. The van der Waals surface area contributed by atoms with Gasteiger partial charge in [-0.1, -0.05) is 24.4 Å². The molecule has 6 rings (SSSR count). The van der Waals surface area contributed by atoms with Gasteiger partial charge >= 0.3 is 5.69 Å². The number of nitrogens with zero attached hydrogens (tertiary/aromatic N) is 4. The number of benzene rings is 1. The summed E-state index contributed by atoms with van der Waals surface area (Å²) in [6, 6.07) is 8.22. The van der Waals surface area contributed by atoms with E-state index >= 15 is 0 Å². The first-order valence-electron chi connectivity index (χ1n) is 14.4. The molecule has 3 aromatic rings. The van der Waals surface area contributed by atoms with E-state index in [1.165, 1.54) is 10.6 Å². The van der Waals surface area contributed by atoms with E-state index in [-0.39, 0.29) is 46.7 Å². The second-order valence-electron chi connectivity index (χ2n) is 11.3. The molecule has 10 heteroatoms. The lowest BCUT2D eigenvalue weighted by Gasteiger charge is -2.38. The molecule has 3 fully saturated rings. The first-order chi connectivity index (χ1) is 19.4. The molecule has 0 radical (unpaired) electrons. The average Bonchev–Trinajstić information content (AvgIpc) is 3.51. The van der Waals surface area contributed by atoms with Gasteiger partial charge < -0.3 is 4.90 Å². The molecule has 0 bridgehead atoms. The van der Waals surface area contributed by atoms with Crippen LogP contribution in [0.4, 0.5) is 10.1 Å². The quantitative estimate of drug-likeness (QED) is 0.361. The summed E-state index contributed by atoms with van der Waals surface area (Å²) in [5.41, 5.74) is 0.281. The molecule has 7 nitrogen and oxygen atoms in total. The van der Waals surface area contributed by atoms with E-state index in [0.717, 1.165) is 61.9 Å². The molecule has 3 heterocycles. The Balaban J connectivity index is 1.33. The second-order valence-corrected chi connectivity index (χ2v) is 13.0. The number of fused-ring (bicyclic) bond motifs is 1. The van der Waals surface area contributed by atoms with Crippen LogP contribution < -0.4 is 16.1 Å². The van der Waals surface area contributed by atoms with Gasteiger partial charge in [0.05, 0.1) is 11.6 Å². The zero-order chi connectivity index (χ0) is 27.8. The second kappa shape index (κ2) is 11.7. The number of amides is 1. The summed E-state index contributed by atoms with van der Waals surface area (Å²) in [5, 5.41) is 0.773. The molecule has 2 aliphatic carbocycles. The van der Waals surface area contributed by atoms with E-state index in [4.69, 9.17) is 11.6 Å². The van der Waals surface area contributed by atoms with Crippen molar-refractivity contribution < 1.29 is 9.18 Å². The van der Waals surface area contributed by atoms with E-state index in [9.17, 15) is 18.8 Å². The standard InChI is InChI=1S/C30H34ClFN4O3S/c31-20-5-7-22(8-6-20)34(28(37)19-3-1-2-4-19)23-9-11-24(12-10-23)36-29(38)26-17-21(32)18-33-27(26)35(30(36)39)25-13-15-40-16-14-25/h5-8,17-19,23-25H,1-4,9-16H2. The van der Waals surface area contributed by atoms with Crippen molar-refractivity contribution in [2.75, 3.05) is 16.4 Å². The molecule has 3 aliphatic rings. The zero-order valence-electron chi connectivity index (χ0n) is 22.4. The fraction of sp³-hybridized carbons (Fsp3) is 0.533. The highest BCUT2D eigenvalue weighted by molar-refractivity contribution is 7.99. The van der Waals surface area contributed by atoms with Gasteiger partial charge in [0.15, 0.2) is 0 Å². The minimum atomic E-state index is -0.590. The Hall–Kier alpha value is -2.65. The number of carbonyl (C=O) groups is 1. The smallest absolute Gasteiger partial charge is 0.309 e. The molecule has 0 atom stereocenters. The normalized spacial score (nSPS) is 22.6. The lowest BCUT2D eigenvalue weighted by molar-refractivity contribution is -0.122. The van der Waals surface area contributed by atoms with Gasteiger partial charge in [0.1, 0.15) is 11.5 Å². The summed E-state index contributed by atoms with van der Waals surface area (Å²) < 4.78 is 17.2. The third kappa shape index (κ3) is 5.22. The summed E-state index contributed by atoms with van der Waals surface area (Å²) in [4.78, 5) is 47.5. The van der Waals surface area contributed by atoms with E-state index < -0.39 is 11.4 Å². The number of halogens is 2. The number of rotatable bonds is 5. The van der Waals surface area contributed by atoms with Crippen molar-refractivity contribution in [3.8, 4) is 0 Å². The van der Waals surface area contributed by atoms with Gasteiger partial charge in [0, 0.05) is 34.8 Å². The first-order valence-corrected chi connectivity index (χ1v) is 15.9. The van der Waals surface area contributed by atoms with Crippen molar-refractivity contribution in [3.63, 3.8) is 0 Å². The average molecular weight is 585 g/mol. The van der Waals surface area contributed by atoms with Crippen molar-refractivity contribution in [3.05, 3.63) is 68.2 Å².